The number of halogens is 2. The van der Waals surface area contributed by atoms with Gasteiger partial charge in [-0.1, -0.05) is 12.1 Å². The molecule has 0 aliphatic carbocycles. The number of amides is 2. The molecule has 0 spiro atoms. The Morgan fingerprint density at radius 1 is 1.36 bits per heavy atom. The summed E-state index contributed by atoms with van der Waals surface area (Å²) in [7, 11) is -2.86. The maximum Gasteiger partial charge on any atom is 0.469 e. The third-order valence-corrected chi connectivity index (χ3v) is 4.24. The van der Waals surface area contributed by atoms with Crippen LogP contribution in [0.2, 0.25) is 0 Å². The van der Waals surface area contributed by atoms with Crippen LogP contribution in [0.15, 0.2) is 18.2 Å². The third-order valence-electron chi connectivity index (χ3n) is 3.72. The van der Waals surface area contributed by atoms with Crippen LogP contribution in [-0.2, 0) is 15.6 Å². The summed E-state index contributed by atoms with van der Waals surface area (Å²) in [6.07, 6.45) is 1.65. The van der Waals surface area contributed by atoms with Crippen molar-refractivity contribution >= 4 is 13.9 Å². The smallest absolute Gasteiger partial charge is 0.334 e. The minimum atomic E-state index is -4.44. The van der Waals surface area contributed by atoms with Gasteiger partial charge < -0.3 is 20.0 Å². The first-order valence-corrected chi connectivity index (χ1v) is 9.28. The highest BCUT2D eigenvalue weighted by molar-refractivity contribution is 7.46. The highest BCUT2D eigenvalue weighted by atomic mass is 31.2. The third kappa shape index (κ3) is 7.92. The minimum absolute atomic E-state index is 0.0592. The van der Waals surface area contributed by atoms with E-state index in [0.29, 0.717) is 19.3 Å². The van der Waals surface area contributed by atoms with Crippen LogP contribution >= 0.6 is 7.82 Å². The number of benzene rings is 1. The summed E-state index contributed by atoms with van der Waals surface area (Å²) in [6.45, 7) is 1.62. The largest absolute Gasteiger partial charge is 0.469 e. The number of phosphoric acid groups is 1. The second kappa shape index (κ2) is 9.82. The van der Waals surface area contributed by atoms with Crippen LogP contribution < -0.4 is 5.32 Å². The number of carbonyl (C=O) groups is 1. The number of hydrogen-bond acceptors (Lipinski definition) is 3. The van der Waals surface area contributed by atoms with Gasteiger partial charge in [-0.3, -0.25) is 4.52 Å². The molecular formula is C15H23F2N2O5P. The lowest BCUT2D eigenvalue weighted by molar-refractivity contribution is 0.182. The van der Waals surface area contributed by atoms with Gasteiger partial charge in [-0.2, -0.15) is 0 Å². The van der Waals surface area contributed by atoms with Gasteiger partial charge >= 0.3 is 13.9 Å². The lowest BCUT2D eigenvalue weighted by Crippen LogP contribution is -2.42. The summed E-state index contributed by atoms with van der Waals surface area (Å²) in [5, 5.41) is 2.52. The van der Waals surface area contributed by atoms with Gasteiger partial charge in [-0.15, -0.1) is 0 Å². The first-order valence-electron chi connectivity index (χ1n) is 7.75. The van der Waals surface area contributed by atoms with E-state index in [1.165, 1.54) is 17.0 Å². The summed E-state index contributed by atoms with van der Waals surface area (Å²) in [6, 6.07) is 3.19. The predicted octanol–water partition coefficient (Wildman–Crippen LogP) is 2.77. The van der Waals surface area contributed by atoms with E-state index in [1.54, 1.807) is 7.05 Å². The highest BCUT2D eigenvalue weighted by Gasteiger charge is 2.17. The molecular weight excluding hydrogens is 357 g/mol. The Morgan fingerprint density at radius 2 is 2.04 bits per heavy atom. The Balaban J connectivity index is 2.35. The first-order chi connectivity index (χ1) is 11.6. The Bertz CT molecular complexity index is 626. The van der Waals surface area contributed by atoms with Crippen LogP contribution in [0.1, 0.15) is 31.7 Å². The molecule has 3 N–H and O–H groups in total. The Morgan fingerprint density at radius 3 is 2.68 bits per heavy atom. The lowest BCUT2D eigenvalue weighted by atomic mass is 10.1. The van der Waals surface area contributed by atoms with Crippen molar-refractivity contribution in [1.82, 2.24) is 10.2 Å². The van der Waals surface area contributed by atoms with Gasteiger partial charge in [0.05, 0.1) is 6.61 Å². The molecule has 1 unspecified atom stereocenters. The molecule has 0 heterocycles. The second-order valence-electron chi connectivity index (χ2n) is 5.65. The standard InChI is InChI=1S/C15H23F2N2O5P/c1-11(6-3-4-9-24-25(21,22)23)19(2)15(20)18-10-12-7-5-8-13(16)14(12)17/h5,7-8,11H,3-4,6,9-10H2,1-2H3,(H,18,20)(H2,21,22,23). The average Bonchev–Trinajstić information content (AvgIpc) is 2.53. The van der Waals surface area contributed by atoms with Crippen molar-refractivity contribution in [2.45, 2.75) is 38.8 Å². The minimum Gasteiger partial charge on any atom is -0.334 e. The van der Waals surface area contributed by atoms with E-state index in [0.717, 1.165) is 6.07 Å². The number of rotatable bonds is 9. The predicted molar refractivity (Wildman–Crippen MR) is 87.7 cm³/mol. The average molecular weight is 380 g/mol. The molecule has 0 aromatic heterocycles. The fourth-order valence-electron chi connectivity index (χ4n) is 2.10. The van der Waals surface area contributed by atoms with Crippen LogP contribution in [0.4, 0.5) is 13.6 Å². The van der Waals surface area contributed by atoms with Crippen molar-refractivity contribution in [3.05, 3.63) is 35.4 Å². The van der Waals surface area contributed by atoms with Gasteiger partial charge in [-0.05, 0) is 32.3 Å². The molecule has 0 aliphatic rings. The van der Waals surface area contributed by atoms with E-state index >= 15 is 0 Å². The summed E-state index contributed by atoms with van der Waals surface area (Å²) in [5.41, 5.74) is 0.0592. The van der Waals surface area contributed by atoms with Gasteiger partial charge in [-0.25, -0.2) is 18.1 Å². The van der Waals surface area contributed by atoms with Crippen molar-refractivity contribution in [1.29, 1.82) is 0 Å². The molecule has 0 bridgehead atoms. The molecule has 0 saturated carbocycles. The zero-order valence-corrected chi connectivity index (χ0v) is 15.0. The van der Waals surface area contributed by atoms with Gasteiger partial charge in [0.1, 0.15) is 0 Å². The normalized spacial score (nSPS) is 12.7. The van der Waals surface area contributed by atoms with Crippen molar-refractivity contribution < 1.29 is 32.5 Å². The highest BCUT2D eigenvalue weighted by Crippen LogP contribution is 2.35. The van der Waals surface area contributed by atoms with Crippen LogP contribution in [0.3, 0.4) is 0 Å². The molecule has 1 aromatic rings. The number of hydrogen-bond donors (Lipinski definition) is 3. The molecule has 0 radical (unpaired) electrons. The molecule has 1 aromatic carbocycles. The van der Waals surface area contributed by atoms with E-state index in [9.17, 15) is 18.1 Å². The topological polar surface area (TPSA) is 99.1 Å². The van der Waals surface area contributed by atoms with Gasteiger partial charge in [0.15, 0.2) is 11.6 Å². The summed E-state index contributed by atoms with van der Waals surface area (Å²) >= 11 is 0. The van der Waals surface area contributed by atoms with E-state index in [4.69, 9.17) is 9.79 Å². The van der Waals surface area contributed by atoms with E-state index < -0.39 is 25.5 Å². The maximum absolute atomic E-state index is 13.5. The summed E-state index contributed by atoms with van der Waals surface area (Å²) in [4.78, 5) is 30.6. The quantitative estimate of drug-likeness (QED) is 0.452. The molecule has 0 aliphatic heterocycles. The van der Waals surface area contributed by atoms with E-state index in [1.807, 2.05) is 6.92 Å². The van der Waals surface area contributed by atoms with Crippen LogP contribution in [0.5, 0.6) is 0 Å². The molecule has 0 fully saturated rings. The zero-order chi connectivity index (χ0) is 19.0. The molecule has 25 heavy (non-hydrogen) atoms. The fraction of sp³-hybridized carbons (Fsp3) is 0.533. The van der Waals surface area contributed by atoms with Crippen molar-refractivity contribution in [2.24, 2.45) is 0 Å². The molecule has 1 rings (SSSR count). The van der Waals surface area contributed by atoms with E-state index in [2.05, 4.69) is 9.84 Å². The number of nitrogens with zero attached hydrogens (tertiary/aromatic N) is 1. The number of unbranched alkanes of at least 4 members (excludes halogenated alkanes) is 1. The van der Waals surface area contributed by atoms with Crippen molar-refractivity contribution in [3.8, 4) is 0 Å². The molecule has 142 valence electrons. The number of nitrogens with one attached hydrogen (secondary N) is 1. The number of phosphoric ester groups is 1. The van der Waals surface area contributed by atoms with Gasteiger partial charge in [0, 0.05) is 25.2 Å². The van der Waals surface area contributed by atoms with Crippen LogP contribution in [0, 0.1) is 11.6 Å². The Kier molecular flexibility index (Phi) is 8.44. The maximum atomic E-state index is 13.5. The number of carbonyl (C=O) groups excluding carboxylic acids is 1. The monoisotopic (exact) mass is 380 g/mol. The second-order valence-corrected chi connectivity index (χ2v) is 6.89. The lowest BCUT2D eigenvalue weighted by Gasteiger charge is -2.25. The fourth-order valence-corrected chi connectivity index (χ4v) is 2.47. The van der Waals surface area contributed by atoms with Gasteiger partial charge in [0.2, 0.25) is 0 Å². The SMILES string of the molecule is CC(CCCCOP(=O)(O)O)N(C)C(=O)NCc1cccc(F)c1F. The number of urea groups is 1. The van der Waals surface area contributed by atoms with Crippen molar-refractivity contribution in [3.63, 3.8) is 0 Å². The zero-order valence-electron chi connectivity index (χ0n) is 14.1. The van der Waals surface area contributed by atoms with Gasteiger partial charge in [0.25, 0.3) is 0 Å². The molecule has 10 heteroatoms. The molecule has 1 atom stereocenters. The molecule has 0 saturated heterocycles. The van der Waals surface area contributed by atoms with E-state index in [-0.39, 0.29) is 24.8 Å². The Labute approximate surface area is 145 Å². The summed E-state index contributed by atoms with van der Waals surface area (Å²) in [5.74, 6) is -1.95. The summed E-state index contributed by atoms with van der Waals surface area (Å²) < 4.78 is 41.5. The van der Waals surface area contributed by atoms with Crippen LogP contribution in [-0.4, -0.2) is 40.4 Å². The molecule has 2 amide bonds. The molecule has 7 nitrogen and oxygen atoms in total. The first kappa shape index (κ1) is 21.5. The van der Waals surface area contributed by atoms with Crippen molar-refractivity contribution in [2.75, 3.05) is 13.7 Å². The Hall–Kier alpha value is -1.54. The van der Waals surface area contributed by atoms with Crippen LogP contribution in [0.25, 0.3) is 0 Å².